The predicted molar refractivity (Wildman–Crippen MR) is 135 cm³/mol. The van der Waals surface area contributed by atoms with E-state index >= 15 is 0 Å². The lowest BCUT2D eigenvalue weighted by molar-refractivity contribution is -0.121. The third-order valence-corrected chi connectivity index (χ3v) is 8.02. The van der Waals surface area contributed by atoms with Crippen molar-refractivity contribution in [3.63, 3.8) is 0 Å². The van der Waals surface area contributed by atoms with Crippen molar-refractivity contribution in [1.29, 1.82) is 0 Å². The summed E-state index contributed by atoms with van der Waals surface area (Å²) < 4.78 is 34.2. The van der Waals surface area contributed by atoms with Crippen molar-refractivity contribution in [1.82, 2.24) is 9.62 Å². The van der Waals surface area contributed by atoms with Crippen LogP contribution < -0.4 is 15.4 Å². The summed E-state index contributed by atoms with van der Waals surface area (Å²) in [6.45, 7) is 2.77. The molecule has 0 saturated carbocycles. The van der Waals surface area contributed by atoms with Crippen LogP contribution in [0.5, 0.6) is 5.75 Å². The highest BCUT2D eigenvalue weighted by Gasteiger charge is 2.25. The first-order valence-corrected chi connectivity index (χ1v) is 13.4. The molecule has 1 aliphatic rings. The number of thiocarbonyl (C=S) groups is 1. The molecule has 2 N–H and O–H groups in total. The van der Waals surface area contributed by atoms with Gasteiger partial charge in [0, 0.05) is 23.2 Å². The number of hydrogen-bond donors (Lipinski definition) is 2. The number of carbonyl (C=O) groups excluding carboxylic acids is 1. The lowest BCUT2D eigenvalue weighted by Gasteiger charge is -2.25. The first kappa shape index (κ1) is 25.1. The lowest BCUT2D eigenvalue weighted by Crippen LogP contribution is -2.37. The van der Waals surface area contributed by atoms with Gasteiger partial charge in [-0.2, -0.15) is 4.31 Å². The van der Waals surface area contributed by atoms with Gasteiger partial charge in [0.2, 0.25) is 10.0 Å². The van der Waals surface area contributed by atoms with Crippen LogP contribution in [-0.2, 0) is 14.8 Å². The summed E-state index contributed by atoms with van der Waals surface area (Å²) in [5, 5.41) is 5.52. The number of rotatable bonds is 6. The number of anilines is 1. The number of aryl methyl sites for hydroxylation is 1. The Kier molecular flexibility index (Phi) is 8.68. The van der Waals surface area contributed by atoms with Crippen molar-refractivity contribution in [3.8, 4) is 5.75 Å². The Hall–Kier alpha value is -1.53. The van der Waals surface area contributed by atoms with E-state index in [9.17, 15) is 13.2 Å². The van der Waals surface area contributed by atoms with Gasteiger partial charge in [-0.15, -0.1) is 0 Å². The first-order chi connectivity index (χ1) is 15.2. The maximum Gasteiger partial charge on any atom is 0.264 e. The number of nitrogens with zero attached hydrogens (tertiary/aromatic N) is 1. The second kappa shape index (κ2) is 11.1. The molecule has 0 unspecified atom stereocenters. The maximum atomic E-state index is 12.7. The number of carbonyl (C=O) groups is 1. The highest BCUT2D eigenvalue weighted by molar-refractivity contribution is 9.11. The zero-order valence-electron chi connectivity index (χ0n) is 17.4. The molecule has 32 heavy (non-hydrogen) atoms. The molecule has 0 radical (unpaired) electrons. The van der Waals surface area contributed by atoms with E-state index in [1.54, 1.807) is 12.1 Å². The molecule has 1 saturated heterocycles. The lowest BCUT2D eigenvalue weighted by atomic mass is 10.2. The van der Waals surface area contributed by atoms with Crippen molar-refractivity contribution in [2.75, 3.05) is 25.0 Å². The van der Waals surface area contributed by atoms with Crippen LogP contribution in [0.3, 0.4) is 0 Å². The second-order valence-electron chi connectivity index (χ2n) is 7.31. The standard InChI is InChI=1S/C21H23Br2N3O4S2/c1-14-11-15(22)12-18(23)20(14)30-13-19(27)25-21(31)24-16-5-7-17(8-6-16)32(28,29)26-9-3-2-4-10-26/h5-8,11-12H,2-4,9-10,13H2,1H3,(H2,24,25,27,31). The summed E-state index contributed by atoms with van der Waals surface area (Å²) in [5.74, 6) is 0.161. The Bertz CT molecular complexity index is 1080. The van der Waals surface area contributed by atoms with E-state index in [-0.39, 0.29) is 16.6 Å². The molecule has 11 heteroatoms. The summed E-state index contributed by atoms with van der Waals surface area (Å²) in [4.78, 5) is 12.4. The minimum atomic E-state index is -3.49. The summed E-state index contributed by atoms with van der Waals surface area (Å²) in [6.07, 6.45) is 2.83. The van der Waals surface area contributed by atoms with Crippen LogP contribution in [0.25, 0.3) is 0 Å². The van der Waals surface area contributed by atoms with Crippen molar-refractivity contribution in [3.05, 3.63) is 50.9 Å². The van der Waals surface area contributed by atoms with Gasteiger partial charge in [-0.25, -0.2) is 8.42 Å². The molecule has 1 aliphatic heterocycles. The van der Waals surface area contributed by atoms with Gasteiger partial charge in [0.25, 0.3) is 5.91 Å². The van der Waals surface area contributed by atoms with Crippen molar-refractivity contribution in [2.24, 2.45) is 0 Å². The molecule has 2 aromatic rings. The zero-order valence-corrected chi connectivity index (χ0v) is 22.2. The Labute approximate surface area is 210 Å². The molecule has 0 bridgehead atoms. The van der Waals surface area contributed by atoms with Crippen LogP contribution >= 0.6 is 44.1 Å². The number of benzene rings is 2. The maximum absolute atomic E-state index is 12.7. The monoisotopic (exact) mass is 603 g/mol. The second-order valence-corrected chi connectivity index (χ2v) is 11.4. The number of ether oxygens (including phenoxy) is 1. The quantitative estimate of drug-likeness (QED) is 0.469. The third kappa shape index (κ3) is 6.50. The number of hydrogen-bond acceptors (Lipinski definition) is 5. The highest BCUT2D eigenvalue weighted by Crippen LogP contribution is 2.32. The van der Waals surface area contributed by atoms with E-state index in [0.717, 1.165) is 33.8 Å². The molecule has 7 nitrogen and oxygen atoms in total. The smallest absolute Gasteiger partial charge is 0.264 e. The molecule has 0 aliphatic carbocycles. The van der Waals surface area contributed by atoms with Gasteiger partial charge in [0.05, 0.1) is 9.37 Å². The molecular formula is C21H23Br2N3O4S2. The van der Waals surface area contributed by atoms with Gasteiger partial charge in [0.15, 0.2) is 11.7 Å². The largest absolute Gasteiger partial charge is 0.482 e. The van der Waals surface area contributed by atoms with Crippen LogP contribution in [0.15, 0.2) is 50.2 Å². The SMILES string of the molecule is Cc1cc(Br)cc(Br)c1OCC(=O)NC(=S)Nc1ccc(S(=O)(=O)N2CCCCC2)cc1. The molecule has 0 atom stereocenters. The molecule has 2 aromatic carbocycles. The van der Waals surface area contributed by atoms with Crippen LogP contribution in [0, 0.1) is 6.92 Å². The van der Waals surface area contributed by atoms with Crippen LogP contribution in [-0.4, -0.2) is 43.4 Å². The Morgan fingerprint density at radius 1 is 1.12 bits per heavy atom. The minimum absolute atomic E-state index is 0.0943. The van der Waals surface area contributed by atoms with Gasteiger partial charge >= 0.3 is 0 Å². The summed E-state index contributed by atoms with van der Waals surface area (Å²) in [7, 11) is -3.49. The predicted octanol–water partition coefficient (Wildman–Crippen LogP) is 4.59. The molecule has 0 spiro atoms. The average Bonchev–Trinajstić information content (AvgIpc) is 2.74. The third-order valence-electron chi connectivity index (χ3n) is 4.86. The molecular weight excluding hydrogens is 582 g/mol. The summed E-state index contributed by atoms with van der Waals surface area (Å²) >= 11 is 12.0. The zero-order chi connectivity index (χ0) is 23.3. The fourth-order valence-corrected chi connectivity index (χ4v) is 6.60. The molecule has 1 heterocycles. The molecule has 172 valence electrons. The average molecular weight is 605 g/mol. The first-order valence-electron chi connectivity index (χ1n) is 9.96. The van der Waals surface area contributed by atoms with Gasteiger partial charge < -0.3 is 10.1 Å². The number of halogens is 2. The van der Waals surface area contributed by atoms with E-state index in [1.165, 1.54) is 16.4 Å². The van der Waals surface area contributed by atoms with Gasteiger partial charge in [-0.05, 0) is 89.9 Å². The van der Waals surface area contributed by atoms with Gasteiger partial charge in [0.1, 0.15) is 5.75 Å². The van der Waals surface area contributed by atoms with Crippen molar-refractivity contribution >= 4 is 70.8 Å². The van der Waals surface area contributed by atoms with E-state index < -0.39 is 15.9 Å². The minimum Gasteiger partial charge on any atom is -0.482 e. The Balaban J connectivity index is 1.53. The number of sulfonamides is 1. The highest BCUT2D eigenvalue weighted by atomic mass is 79.9. The normalized spacial score (nSPS) is 14.6. The number of nitrogens with one attached hydrogen (secondary N) is 2. The van der Waals surface area contributed by atoms with E-state index in [0.29, 0.717) is 24.5 Å². The fourth-order valence-electron chi connectivity index (χ4n) is 3.30. The molecule has 0 aromatic heterocycles. The van der Waals surface area contributed by atoms with Crippen molar-refractivity contribution < 1.29 is 17.9 Å². The molecule has 1 fully saturated rings. The van der Waals surface area contributed by atoms with Crippen LogP contribution in [0.2, 0.25) is 0 Å². The van der Waals surface area contributed by atoms with Gasteiger partial charge in [-0.1, -0.05) is 22.4 Å². The van der Waals surface area contributed by atoms with Crippen molar-refractivity contribution in [2.45, 2.75) is 31.1 Å². The Morgan fingerprint density at radius 2 is 1.78 bits per heavy atom. The fraction of sp³-hybridized carbons (Fsp3) is 0.333. The van der Waals surface area contributed by atoms with E-state index in [2.05, 4.69) is 42.5 Å². The van der Waals surface area contributed by atoms with Crippen LogP contribution in [0.4, 0.5) is 5.69 Å². The van der Waals surface area contributed by atoms with Gasteiger partial charge in [-0.3, -0.25) is 10.1 Å². The summed E-state index contributed by atoms with van der Waals surface area (Å²) in [5.41, 5.74) is 1.44. The Morgan fingerprint density at radius 3 is 2.41 bits per heavy atom. The summed E-state index contributed by atoms with van der Waals surface area (Å²) in [6, 6.07) is 10.0. The number of piperidine rings is 1. The van der Waals surface area contributed by atoms with E-state index in [4.69, 9.17) is 17.0 Å². The van der Waals surface area contributed by atoms with Crippen LogP contribution in [0.1, 0.15) is 24.8 Å². The van der Waals surface area contributed by atoms with E-state index in [1.807, 2.05) is 19.1 Å². The molecule has 3 rings (SSSR count). The topological polar surface area (TPSA) is 87.7 Å². The number of amides is 1. The molecule has 1 amide bonds.